The maximum absolute atomic E-state index is 11.0. The molecule has 24 heavy (non-hydrogen) atoms. The zero-order valence-electron chi connectivity index (χ0n) is 16.0. The third-order valence-corrected chi connectivity index (χ3v) is 8.42. The Hall–Kier alpha value is -0.380. The van der Waals surface area contributed by atoms with Crippen molar-refractivity contribution in [3.63, 3.8) is 0 Å². The Balaban J connectivity index is 1.77. The first-order valence-corrected chi connectivity index (χ1v) is 9.84. The molecule has 3 fully saturated rings. The van der Waals surface area contributed by atoms with Crippen LogP contribution in [0.1, 0.15) is 66.7 Å². The molecule has 1 spiro atoms. The van der Waals surface area contributed by atoms with Crippen molar-refractivity contribution in [2.75, 3.05) is 13.2 Å². The minimum atomic E-state index is -0.397. The molecule has 3 aliphatic carbocycles. The topological polar surface area (TPSA) is 38.7 Å². The maximum Gasteiger partial charge on any atom is 0.173 e. The van der Waals surface area contributed by atoms with Crippen molar-refractivity contribution >= 4 is 0 Å². The molecular weight excluding hydrogens is 300 g/mol. The molecule has 4 aliphatic rings. The Morgan fingerprint density at radius 3 is 2.33 bits per heavy atom. The Bertz CT molecular complexity index is 559. The van der Waals surface area contributed by atoms with Crippen LogP contribution in [0.4, 0.5) is 0 Å². The summed E-state index contributed by atoms with van der Waals surface area (Å²) in [6, 6.07) is 0. The molecule has 1 saturated heterocycles. The van der Waals surface area contributed by atoms with Gasteiger partial charge in [0.05, 0.1) is 19.3 Å². The van der Waals surface area contributed by atoms with Gasteiger partial charge in [-0.05, 0) is 42.9 Å². The van der Waals surface area contributed by atoms with Gasteiger partial charge in [-0.3, -0.25) is 0 Å². The van der Waals surface area contributed by atoms with Crippen molar-refractivity contribution in [2.24, 2.45) is 28.1 Å². The van der Waals surface area contributed by atoms with E-state index < -0.39 is 5.79 Å². The van der Waals surface area contributed by atoms with Gasteiger partial charge in [-0.25, -0.2) is 0 Å². The Kier molecular flexibility index (Phi) is 3.61. The fraction of sp³-hybridized carbons (Fsp3) is 0.905. The molecule has 1 heterocycles. The first-order valence-electron chi connectivity index (χ1n) is 9.84. The molecule has 3 nitrogen and oxygen atoms in total. The molecule has 2 unspecified atom stereocenters. The smallest absolute Gasteiger partial charge is 0.173 e. The van der Waals surface area contributed by atoms with Crippen LogP contribution in [-0.4, -0.2) is 30.2 Å². The lowest BCUT2D eigenvalue weighted by Crippen LogP contribution is -2.63. The standard InChI is InChI=1S/C21H34O3/c1-14-6-7-16-19(4)10-11-21(23-12-13-24-21)18(2,3)15(19)8-9-20(16,5)17(14)22/h7,14-15,17,22H,6,8-13H2,1-5H3/t14?,15-,17?,19-,20+/m0/s1. The zero-order chi connectivity index (χ0) is 17.4. The van der Waals surface area contributed by atoms with Gasteiger partial charge in [-0.1, -0.05) is 46.3 Å². The van der Waals surface area contributed by atoms with Gasteiger partial charge in [0.2, 0.25) is 0 Å². The second-order valence-electron chi connectivity index (χ2n) is 9.87. The number of fused-ring (bicyclic) bond motifs is 3. The Labute approximate surface area is 146 Å². The van der Waals surface area contributed by atoms with Gasteiger partial charge < -0.3 is 14.6 Å². The molecule has 0 bridgehead atoms. The van der Waals surface area contributed by atoms with Crippen molar-refractivity contribution in [1.29, 1.82) is 0 Å². The van der Waals surface area contributed by atoms with E-state index in [2.05, 4.69) is 40.7 Å². The summed E-state index contributed by atoms with van der Waals surface area (Å²) in [7, 11) is 0. The van der Waals surface area contributed by atoms with Crippen molar-refractivity contribution in [2.45, 2.75) is 78.6 Å². The lowest BCUT2D eigenvalue weighted by Gasteiger charge is -2.65. The number of allylic oxidation sites excluding steroid dienone is 1. The fourth-order valence-corrected chi connectivity index (χ4v) is 7.02. The molecule has 5 atom stereocenters. The summed E-state index contributed by atoms with van der Waals surface area (Å²) in [5.41, 5.74) is 1.61. The van der Waals surface area contributed by atoms with E-state index in [1.165, 1.54) is 5.57 Å². The highest BCUT2D eigenvalue weighted by molar-refractivity contribution is 5.33. The van der Waals surface area contributed by atoms with E-state index in [-0.39, 0.29) is 22.3 Å². The van der Waals surface area contributed by atoms with Gasteiger partial charge in [-0.2, -0.15) is 0 Å². The highest BCUT2D eigenvalue weighted by Gasteiger charge is 2.66. The molecular formula is C21H34O3. The van der Waals surface area contributed by atoms with Gasteiger partial charge >= 0.3 is 0 Å². The Morgan fingerprint density at radius 2 is 1.67 bits per heavy atom. The highest BCUT2D eigenvalue weighted by atomic mass is 16.7. The summed E-state index contributed by atoms with van der Waals surface area (Å²) in [6.07, 6.45) is 7.56. The van der Waals surface area contributed by atoms with Crippen LogP contribution in [0.3, 0.4) is 0 Å². The summed E-state index contributed by atoms with van der Waals surface area (Å²) in [5, 5.41) is 11.0. The number of hydrogen-bond donors (Lipinski definition) is 1. The summed E-state index contributed by atoms with van der Waals surface area (Å²) >= 11 is 0. The van der Waals surface area contributed by atoms with Crippen molar-refractivity contribution in [1.82, 2.24) is 0 Å². The SMILES string of the molecule is CC1CC=C2[C@@](C)(CC[C@H]3C(C)(C)C4(CC[C@]23C)OCCO4)C1O. The second-order valence-corrected chi connectivity index (χ2v) is 9.87. The first-order chi connectivity index (χ1) is 11.2. The van der Waals surface area contributed by atoms with Gasteiger partial charge in [-0.15, -0.1) is 0 Å². The maximum atomic E-state index is 11.0. The van der Waals surface area contributed by atoms with Gasteiger partial charge in [0.25, 0.3) is 0 Å². The summed E-state index contributed by atoms with van der Waals surface area (Å²) in [6.45, 7) is 13.1. The summed E-state index contributed by atoms with van der Waals surface area (Å²) in [4.78, 5) is 0. The third-order valence-electron chi connectivity index (χ3n) is 8.42. The van der Waals surface area contributed by atoms with Crippen molar-refractivity contribution < 1.29 is 14.6 Å². The third kappa shape index (κ3) is 1.90. The normalized spacial score (nSPS) is 49.4. The summed E-state index contributed by atoms with van der Waals surface area (Å²) in [5.74, 6) is 0.506. The quantitative estimate of drug-likeness (QED) is 0.671. The van der Waals surface area contributed by atoms with E-state index in [0.717, 1.165) is 45.3 Å². The first kappa shape index (κ1) is 17.1. The second kappa shape index (κ2) is 5.08. The monoisotopic (exact) mass is 334 g/mol. The molecule has 136 valence electrons. The molecule has 0 amide bonds. The van der Waals surface area contributed by atoms with E-state index in [0.29, 0.717) is 11.8 Å². The average molecular weight is 335 g/mol. The minimum Gasteiger partial charge on any atom is -0.392 e. The molecule has 0 radical (unpaired) electrons. The number of aliphatic hydroxyl groups excluding tert-OH is 1. The molecule has 1 N–H and O–H groups in total. The predicted octanol–water partition coefficient (Wildman–Crippen LogP) is 4.30. The van der Waals surface area contributed by atoms with Crippen LogP contribution in [0, 0.1) is 28.1 Å². The molecule has 0 aromatic heterocycles. The lowest BCUT2D eigenvalue weighted by molar-refractivity contribution is -0.286. The van der Waals surface area contributed by atoms with Gasteiger partial charge in [0.15, 0.2) is 5.79 Å². The van der Waals surface area contributed by atoms with Crippen molar-refractivity contribution in [3.8, 4) is 0 Å². The zero-order valence-corrected chi connectivity index (χ0v) is 16.0. The van der Waals surface area contributed by atoms with E-state index >= 15 is 0 Å². The lowest BCUT2D eigenvalue weighted by atomic mass is 9.42. The number of aliphatic hydroxyl groups is 1. The fourth-order valence-electron chi connectivity index (χ4n) is 7.02. The average Bonchev–Trinajstić information content (AvgIpc) is 3.00. The van der Waals surface area contributed by atoms with Crippen LogP contribution < -0.4 is 0 Å². The van der Waals surface area contributed by atoms with E-state index in [1.807, 2.05) is 0 Å². The molecule has 3 heteroatoms. The molecule has 1 aliphatic heterocycles. The number of hydrogen-bond acceptors (Lipinski definition) is 3. The van der Waals surface area contributed by atoms with Crippen LogP contribution in [0.5, 0.6) is 0 Å². The van der Waals surface area contributed by atoms with Crippen molar-refractivity contribution in [3.05, 3.63) is 11.6 Å². The van der Waals surface area contributed by atoms with Crippen LogP contribution >= 0.6 is 0 Å². The molecule has 0 aromatic carbocycles. The van der Waals surface area contributed by atoms with Crippen LogP contribution in [0.2, 0.25) is 0 Å². The molecule has 2 saturated carbocycles. The molecule has 4 rings (SSSR count). The van der Waals surface area contributed by atoms with Crippen LogP contribution in [0.15, 0.2) is 11.6 Å². The van der Waals surface area contributed by atoms with Gasteiger partial charge in [0, 0.05) is 17.3 Å². The Morgan fingerprint density at radius 1 is 1.00 bits per heavy atom. The van der Waals surface area contributed by atoms with Crippen LogP contribution in [-0.2, 0) is 9.47 Å². The summed E-state index contributed by atoms with van der Waals surface area (Å²) < 4.78 is 12.4. The minimum absolute atomic E-state index is 0.00726. The van der Waals surface area contributed by atoms with Crippen LogP contribution in [0.25, 0.3) is 0 Å². The molecule has 0 aromatic rings. The van der Waals surface area contributed by atoms with E-state index in [1.54, 1.807) is 0 Å². The van der Waals surface area contributed by atoms with Gasteiger partial charge in [0.1, 0.15) is 0 Å². The highest BCUT2D eigenvalue weighted by Crippen LogP contribution is 2.69. The predicted molar refractivity (Wildman–Crippen MR) is 94.5 cm³/mol. The number of ether oxygens (including phenoxy) is 2. The van der Waals surface area contributed by atoms with E-state index in [4.69, 9.17) is 9.47 Å². The number of rotatable bonds is 0. The largest absolute Gasteiger partial charge is 0.392 e. The van der Waals surface area contributed by atoms with E-state index in [9.17, 15) is 5.11 Å².